The molecule has 0 heterocycles. The number of amides is 1. The molecule has 0 saturated heterocycles. The number of guanidine groups is 1. The van der Waals surface area contributed by atoms with Crippen LogP contribution in [-0.4, -0.2) is 38.1 Å². The first-order valence-electron chi connectivity index (χ1n) is 9.82. The Morgan fingerprint density at radius 2 is 1.87 bits per heavy atom. The van der Waals surface area contributed by atoms with Gasteiger partial charge in [-0.3, -0.25) is 4.79 Å². The van der Waals surface area contributed by atoms with E-state index in [0.717, 1.165) is 23.4 Å². The highest BCUT2D eigenvalue weighted by molar-refractivity contribution is 14.0. The van der Waals surface area contributed by atoms with Gasteiger partial charge < -0.3 is 20.7 Å². The van der Waals surface area contributed by atoms with Gasteiger partial charge in [0.1, 0.15) is 12.4 Å². The quantitative estimate of drug-likeness (QED) is 0.146. The highest BCUT2D eigenvalue weighted by atomic mass is 127. The number of carbonyl (C=O) groups excluding carboxylic acids is 1. The van der Waals surface area contributed by atoms with Crippen LogP contribution < -0.4 is 20.7 Å². The average Bonchev–Trinajstić information content (AvgIpc) is 2.73. The number of para-hydroxylation sites is 1. The summed E-state index contributed by atoms with van der Waals surface area (Å²) in [6, 6.07) is 15.4. The predicted octanol–water partition coefficient (Wildman–Crippen LogP) is 3.66. The summed E-state index contributed by atoms with van der Waals surface area (Å²) in [5.41, 5.74) is 2.73. The van der Waals surface area contributed by atoms with Crippen molar-refractivity contribution >= 4 is 35.8 Å². The molecule has 2 aromatic carbocycles. The minimum atomic E-state index is -0.0780. The standard InChI is InChI=1S/C23H30N4O2.HI/c1-4-15-29-21-12-7-6-10-20(21)17-27-23(24-5-2)26-14-13-25-22(28)19-11-8-9-18(3)16-19;/h4,6-12,16H,1,5,13-15,17H2,2-3H3,(H,25,28)(H2,24,26,27);1H. The van der Waals surface area contributed by atoms with Gasteiger partial charge in [-0.25, -0.2) is 4.99 Å². The fourth-order valence-electron chi connectivity index (χ4n) is 2.68. The van der Waals surface area contributed by atoms with Gasteiger partial charge in [-0.2, -0.15) is 0 Å². The highest BCUT2D eigenvalue weighted by Crippen LogP contribution is 2.18. The molecule has 0 spiro atoms. The van der Waals surface area contributed by atoms with Crippen LogP contribution in [0.4, 0.5) is 0 Å². The van der Waals surface area contributed by atoms with Crippen molar-refractivity contribution in [3.63, 3.8) is 0 Å². The largest absolute Gasteiger partial charge is 0.489 e. The molecule has 6 nitrogen and oxygen atoms in total. The lowest BCUT2D eigenvalue weighted by Gasteiger charge is -2.13. The second kappa shape index (κ2) is 14.4. The Hall–Kier alpha value is -2.55. The number of ether oxygens (including phenoxy) is 1. The lowest BCUT2D eigenvalue weighted by atomic mass is 10.1. The molecule has 162 valence electrons. The number of halogens is 1. The maximum atomic E-state index is 12.2. The molecule has 7 heteroatoms. The Labute approximate surface area is 196 Å². The zero-order chi connectivity index (χ0) is 20.9. The summed E-state index contributed by atoms with van der Waals surface area (Å²) in [5.74, 6) is 1.42. The maximum absolute atomic E-state index is 12.2. The SMILES string of the molecule is C=CCOc1ccccc1CN=C(NCC)NCCNC(=O)c1cccc(C)c1.I. The Morgan fingerprint density at radius 3 is 2.60 bits per heavy atom. The molecule has 0 radical (unpaired) electrons. The van der Waals surface area contributed by atoms with Crippen LogP contribution in [0.15, 0.2) is 66.2 Å². The fraction of sp³-hybridized carbons (Fsp3) is 0.304. The normalized spacial score (nSPS) is 10.5. The zero-order valence-corrected chi connectivity index (χ0v) is 19.9. The minimum Gasteiger partial charge on any atom is -0.489 e. The lowest BCUT2D eigenvalue weighted by molar-refractivity contribution is 0.0954. The van der Waals surface area contributed by atoms with Crippen molar-refractivity contribution in [3.8, 4) is 5.75 Å². The van der Waals surface area contributed by atoms with Crippen LogP contribution in [0, 0.1) is 6.92 Å². The number of aryl methyl sites for hydroxylation is 1. The van der Waals surface area contributed by atoms with Gasteiger partial charge in [-0.05, 0) is 32.0 Å². The van der Waals surface area contributed by atoms with E-state index in [4.69, 9.17) is 4.74 Å². The summed E-state index contributed by atoms with van der Waals surface area (Å²) < 4.78 is 5.68. The molecule has 0 aliphatic heterocycles. The molecule has 1 amide bonds. The molecular weight excluding hydrogens is 491 g/mol. The van der Waals surface area contributed by atoms with E-state index in [1.807, 2.05) is 62.4 Å². The molecular formula is C23H31IN4O2. The van der Waals surface area contributed by atoms with Crippen molar-refractivity contribution in [1.29, 1.82) is 0 Å². The number of hydrogen-bond donors (Lipinski definition) is 3. The van der Waals surface area contributed by atoms with Crippen molar-refractivity contribution in [2.45, 2.75) is 20.4 Å². The molecule has 0 saturated carbocycles. The topological polar surface area (TPSA) is 74.8 Å². The second-order valence-corrected chi connectivity index (χ2v) is 6.45. The van der Waals surface area contributed by atoms with E-state index in [2.05, 4.69) is 27.5 Å². The van der Waals surface area contributed by atoms with Gasteiger partial charge in [0.2, 0.25) is 0 Å². The number of benzene rings is 2. The molecule has 0 aromatic heterocycles. The van der Waals surface area contributed by atoms with E-state index in [0.29, 0.717) is 37.8 Å². The second-order valence-electron chi connectivity index (χ2n) is 6.45. The smallest absolute Gasteiger partial charge is 0.251 e. The van der Waals surface area contributed by atoms with E-state index in [1.165, 1.54) is 0 Å². The fourth-order valence-corrected chi connectivity index (χ4v) is 2.68. The Bertz CT molecular complexity index is 839. The summed E-state index contributed by atoms with van der Waals surface area (Å²) in [6.45, 7) is 10.4. The maximum Gasteiger partial charge on any atom is 0.251 e. The molecule has 0 aliphatic carbocycles. The van der Waals surface area contributed by atoms with Crippen molar-refractivity contribution in [1.82, 2.24) is 16.0 Å². The third-order valence-corrected chi connectivity index (χ3v) is 4.06. The van der Waals surface area contributed by atoms with Gasteiger partial charge >= 0.3 is 0 Å². The summed E-state index contributed by atoms with van der Waals surface area (Å²) in [7, 11) is 0. The third kappa shape index (κ3) is 8.86. The zero-order valence-electron chi connectivity index (χ0n) is 17.6. The lowest BCUT2D eigenvalue weighted by Crippen LogP contribution is -2.41. The minimum absolute atomic E-state index is 0. The third-order valence-electron chi connectivity index (χ3n) is 4.06. The molecule has 0 atom stereocenters. The molecule has 0 bridgehead atoms. The van der Waals surface area contributed by atoms with Gasteiger partial charge in [0.05, 0.1) is 6.54 Å². The summed E-state index contributed by atoms with van der Waals surface area (Å²) in [6.07, 6.45) is 1.72. The van der Waals surface area contributed by atoms with E-state index in [-0.39, 0.29) is 29.9 Å². The van der Waals surface area contributed by atoms with Crippen LogP contribution in [0.2, 0.25) is 0 Å². The first-order valence-corrected chi connectivity index (χ1v) is 9.82. The van der Waals surface area contributed by atoms with Gasteiger partial charge in [0.15, 0.2) is 5.96 Å². The van der Waals surface area contributed by atoms with Gasteiger partial charge in [-0.15, -0.1) is 24.0 Å². The molecule has 0 unspecified atom stereocenters. The van der Waals surface area contributed by atoms with E-state index in [1.54, 1.807) is 6.08 Å². The summed E-state index contributed by atoms with van der Waals surface area (Å²) >= 11 is 0. The van der Waals surface area contributed by atoms with E-state index < -0.39 is 0 Å². The molecule has 2 rings (SSSR count). The van der Waals surface area contributed by atoms with Gasteiger partial charge in [-0.1, -0.05) is 48.6 Å². The van der Waals surface area contributed by atoms with Crippen LogP contribution in [0.1, 0.15) is 28.4 Å². The van der Waals surface area contributed by atoms with Gasteiger partial charge in [0.25, 0.3) is 5.91 Å². The monoisotopic (exact) mass is 522 g/mol. The predicted molar refractivity (Wildman–Crippen MR) is 134 cm³/mol. The van der Waals surface area contributed by atoms with Crippen LogP contribution in [0.5, 0.6) is 5.75 Å². The van der Waals surface area contributed by atoms with Crippen LogP contribution >= 0.6 is 24.0 Å². The molecule has 30 heavy (non-hydrogen) atoms. The molecule has 0 fully saturated rings. The van der Waals surface area contributed by atoms with Crippen molar-refractivity contribution in [2.75, 3.05) is 26.2 Å². The number of nitrogens with zero attached hydrogens (tertiary/aromatic N) is 1. The van der Waals surface area contributed by atoms with Crippen LogP contribution in [0.25, 0.3) is 0 Å². The van der Waals surface area contributed by atoms with Crippen LogP contribution in [-0.2, 0) is 6.54 Å². The first-order chi connectivity index (χ1) is 14.1. The Balaban J connectivity index is 0.00000450. The van der Waals surface area contributed by atoms with Gasteiger partial charge in [0, 0.05) is 30.8 Å². The number of aliphatic imine (C=N–C) groups is 1. The van der Waals surface area contributed by atoms with E-state index in [9.17, 15) is 4.79 Å². The number of hydrogen-bond acceptors (Lipinski definition) is 3. The Kier molecular flexibility index (Phi) is 12.3. The molecule has 2 aromatic rings. The Morgan fingerprint density at radius 1 is 1.10 bits per heavy atom. The van der Waals surface area contributed by atoms with Crippen molar-refractivity contribution < 1.29 is 9.53 Å². The van der Waals surface area contributed by atoms with Crippen molar-refractivity contribution in [2.24, 2.45) is 4.99 Å². The highest BCUT2D eigenvalue weighted by Gasteiger charge is 2.05. The molecule has 3 N–H and O–H groups in total. The number of rotatable bonds is 10. The average molecular weight is 522 g/mol. The summed E-state index contributed by atoms with van der Waals surface area (Å²) in [5, 5.41) is 9.37. The first kappa shape index (κ1) is 25.5. The van der Waals surface area contributed by atoms with Crippen molar-refractivity contribution in [3.05, 3.63) is 77.9 Å². The number of nitrogens with one attached hydrogen (secondary N) is 3. The number of carbonyl (C=O) groups is 1. The molecule has 0 aliphatic rings. The summed E-state index contributed by atoms with van der Waals surface area (Å²) in [4.78, 5) is 16.8. The van der Waals surface area contributed by atoms with E-state index >= 15 is 0 Å². The van der Waals surface area contributed by atoms with Crippen LogP contribution in [0.3, 0.4) is 0 Å².